The van der Waals surface area contributed by atoms with E-state index in [1.54, 1.807) is 37.3 Å². The maximum absolute atomic E-state index is 13.7. The monoisotopic (exact) mass is 516 g/mol. The summed E-state index contributed by atoms with van der Waals surface area (Å²) in [6, 6.07) is 11.9. The molecule has 34 heavy (non-hydrogen) atoms. The Bertz CT molecular complexity index is 1300. The van der Waals surface area contributed by atoms with Crippen LogP contribution in [0.3, 0.4) is 0 Å². The number of benzene rings is 3. The molecule has 0 aliphatic heterocycles. The van der Waals surface area contributed by atoms with Gasteiger partial charge in [-0.25, -0.2) is 17.2 Å². The fourth-order valence-electron chi connectivity index (χ4n) is 2.98. The van der Waals surface area contributed by atoms with Gasteiger partial charge in [-0.05, 0) is 37.3 Å². The van der Waals surface area contributed by atoms with Gasteiger partial charge in [0.25, 0.3) is 15.9 Å². The van der Waals surface area contributed by atoms with E-state index < -0.39 is 51.6 Å². The summed E-state index contributed by atoms with van der Waals surface area (Å²) in [5, 5.41) is 2.21. The SMILES string of the molecule is CCN(c1ccccc1)S(=O)(=O)c1ccc(Cl)c(NC(=O)COc2c(F)c(F)cc(F)c2F)c1. The number of anilines is 2. The molecule has 1 amide bonds. The summed E-state index contributed by atoms with van der Waals surface area (Å²) < 4.78 is 86.0. The van der Waals surface area contributed by atoms with Crippen LogP contribution >= 0.6 is 11.6 Å². The summed E-state index contributed by atoms with van der Waals surface area (Å²) in [6.07, 6.45) is 0. The fraction of sp³-hybridized carbons (Fsp3) is 0.136. The molecule has 0 fully saturated rings. The Labute approximate surface area is 197 Å². The fourth-order valence-corrected chi connectivity index (χ4v) is 4.64. The van der Waals surface area contributed by atoms with Gasteiger partial charge >= 0.3 is 0 Å². The molecule has 0 spiro atoms. The van der Waals surface area contributed by atoms with Gasteiger partial charge in [0, 0.05) is 12.6 Å². The first-order valence-corrected chi connectivity index (χ1v) is 11.5. The van der Waals surface area contributed by atoms with Gasteiger partial charge in [0.2, 0.25) is 11.6 Å². The number of nitrogens with one attached hydrogen (secondary N) is 1. The number of amides is 1. The highest BCUT2D eigenvalue weighted by Crippen LogP contribution is 2.30. The van der Waals surface area contributed by atoms with E-state index in [9.17, 15) is 30.8 Å². The van der Waals surface area contributed by atoms with Gasteiger partial charge in [0.15, 0.2) is 24.0 Å². The van der Waals surface area contributed by atoms with E-state index >= 15 is 0 Å². The van der Waals surface area contributed by atoms with Crippen LogP contribution in [-0.2, 0) is 14.8 Å². The lowest BCUT2D eigenvalue weighted by atomic mass is 10.3. The van der Waals surface area contributed by atoms with Gasteiger partial charge in [-0.15, -0.1) is 0 Å². The van der Waals surface area contributed by atoms with Gasteiger partial charge in [0.05, 0.1) is 21.3 Å². The predicted octanol–water partition coefficient (Wildman–Crippen LogP) is 5.13. The zero-order valence-electron chi connectivity index (χ0n) is 17.5. The molecule has 180 valence electrons. The first-order chi connectivity index (χ1) is 16.1. The first-order valence-electron chi connectivity index (χ1n) is 9.69. The largest absolute Gasteiger partial charge is 0.477 e. The number of rotatable bonds is 8. The van der Waals surface area contributed by atoms with Crippen molar-refractivity contribution in [3.63, 3.8) is 0 Å². The molecule has 0 bridgehead atoms. The summed E-state index contributed by atoms with van der Waals surface area (Å²) in [5.74, 6) is -9.44. The number of halogens is 5. The van der Waals surface area contributed by atoms with Gasteiger partial charge in [-0.2, -0.15) is 8.78 Å². The van der Waals surface area contributed by atoms with Gasteiger partial charge in [0.1, 0.15) is 0 Å². The van der Waals surface area contributed by atoms with E-state index in [1.807, 2.05) is 0 Å². The normalized spacial score (nSPS) is 11.2. The average molecular weight is 517 g/mol. The minimum atomic E-state index is -4.05. The van der Waals surface area contributed by atoms with Crippen LogP contribution in [-0.4, -0.2) is 27.5 Å². The Morgan fingerprint density at radius 1 is 1.00 bits per heavy atom. The topological polar surface area (TPSA) is 75.7 Å². The quantitative estimate of drug-likeness (QED) is 0.333. The molecule has 0 saturated heterocycles. The van der Waals surface area contributed by atoms with Crippen LogP contribution in [0.15, 0.2) is 59.5 Å². The maximum atomic E-state index is 13.7. The number of hydrogen-bond donors (Lipinski definition) is 1. The molecular formula is C22H17ClF4N2O4S. The van der Waals surface area contributed by atoms with Crippen molar-refractivity contribution in [3.8, 4) is 5.75 Å². The van der Waals surface area contributed by atoms with E-state index in [4.69, 9.17) is 11.6 Å². The lowest BCUT2D eigenvalue weighted by molar-refractivity contribution is -0.118. The second-order valence-corrected chi connectivity index (χ2v) is 9.05. The van der Waals surface area contributed by atoms with Crippen molar-refractivity contribution in [1.29, 1.82) is 0 Å². The van der Waals surface area contributed by atoms with Crippen molar-refractivity contribution < 1.29 is 35.5 Å². The number of para-hydroxylation sites is 1. The highest BCUT2D eigenvalue weighted by Gasteiger charge is 2.25. The maximum Gasteiger partial charge on any atom is 0.264 e. The molecule has 0 aromatic heterocycles. The zero-order valence-corrected chi connectivity index (χ0v) is 19.1. The third-order valence-electron chi connectivity index (χ3n) is 4.55. The summed E-state index contributed by atoms with van der Waals surface area (Å²) in [4.78, 5) is 12.0. The third-order valence-corrected chi connectivity index (χ3v) is 6.78. The second-order valence-electron chi connectivity index (χ2n) is 6.78. The standard InChI is InChI=1S/C22H17ClF4N2O4S/c1-2-29(13-6-4-3-5-7-13)34(31,32)14-8-9-15(23)18(10-14)28-19(30)12-33-22-20(26)16(24)11-17(25)21(22)27/h3-11H,2,12H2,1H3,(H,28,30). The van der Waals surface area contributed by atoms with Crippen LogP contribution < -0.4 is 14.4 Å². The highest BCUT2D eigenvalue weighted by molar-refractivity contribution is 7.92. The Morgan fingerprint density at radius 2 is 1.62 bits per heavy atom. The Hall–Kier alpha value is -3.31. The molecule has 3 aromatic rings. The van der Waals surface area contributed by atoms with Crippen LogP contribution in [0.4, 0.5) is 28.9 Å². The van der Waals surface area contributed by atoms with Crippen LogP contribution in [0.2, 0.25) is 5.02 Å². The predicted molar refractivity (Wildman–Crippen MR) is 118 cm³/mol. The third kappa shape index (κ3) is 5.26. The molecular weight excluding hydrogens is 500 g/mol. The van der Waals surface area contributed by atoms with Crippen LogP contribution in [0.5, 0.6) is 5.75 Å². The van der Waals surface area contributed by atoms with Crippen LogP contribution in [0.25, 0.3) is 0 Å². The molecule has 3 rings (SSSR count). The van der Waals surface area contributed by atoms with Crippen molar-refractivity contribution >= 4 is 38.9 Å². The number of sulfonamides is 1. The van der Waals surface area contributed by atoms with Crippen molar-refractivity contribution in [1.82, 2.24) is 0 Å². The molecule has 0 saturated carbocycles. The number of hydrogen-bond acceptors (Lipinski definition) is 4. The molecule has 0 aliphatic carbocycles. The van der Waals surface area contributed by atoms with Crippen LogP contribution in [0, 0.1) is 23.3 Å². The number of nitrogens with zero attached hydrogens (tertiary/aromatic N) is 1. The summed E-state index contributed by atoms with van der Waals surface area (Å²) in [7, 11) is -4.05. The molecule has 0 aliphatic rings. The Balaban J connectivity index is 1.81. The number of carbonyl (C=O) groups excluding carboxylic acids is 1. The molecule has 12 heteroatoms. The van der Waals surface area contributed by atoms with Gasteiger partial charge in [-0.1, -0.05) is 29.8 Å². The number of carbonyl (C=O) groups is 1. The van der Waals surface area contributed by atoms with E-state index in [0.717, 1.165) is 10.4 Å². The van der Waals surface area contributed by atoms with Crippen molar-refractivity contribution in [2.24, 2.45) is 0 Å². The molecule has 0 unspecified atom stereocenters. The van der Waals surface area contributed by atoms with Crippen molar-refractivity contribution in [3.05, 3.63) is 82.9 Å². The van der Waals surface area contributed by atoms with Crippen LogP contribution in [0.1, 0.15) is 6.92 Å². The summed E-state index contributed by atoms with van der Waals surface area (Å²) in [5.41, 5.74) is 0.289. The number of ether oxygens (including phenoxy) is 1. The minimum Gasteiger partial charge on any atom is -0.477 e. The molecule has 1 N–H and O–H groups in total. The molecule has 0 atom stereocenters. The molecule has 6 nitrogen and oxygen atoms in total. The van der Waals surface area contributed by atoms with E-state index in [1.165, 1.54) is 12.1 Å². The molecule has 0 heterocycles. The van der Waals surface area contributed by atoms with E-state index in [0.29, 0.717) is 5.69 Å². The minimum absolute atomic E-state index is 0.00165. The van der Waals surface area contributed by atoms with E-state index in [2.05, 4.69) is 10.1 Å². The summed E-state index contributed by atoms with van der Waals surface area (Å²) in [6.45, 7) is 0.717. The van der Waals surface area contributed by atoms with Crippen molar-refractivity contribution in [2.75, 3.05) is 22.8 Å². The van der Waals surface area contributed by atoms with Gasteiger partial charge in [-0.3, -0.25) is 9.10 Å². The molecule has 0 radical (unpaired) electrons. The smallest absolute Gasteiger partial charge is 0.264 e. The zero-order chi connectivity index (χ0) is 25.0. The van der Waals surface area contributed by atoms with E-state index in [-0.39, 0.29) is 28.2 Å². The van der Waals surface area contributed by atoms with Crippen molar-refractivity contribution in [2.45, 2.75) is 11.8 Å². The lowest BCUT2D eigenvalue weighted by Gasteiger charge is -2.23. The Morgan fingerprint density at radius 3 is 2.21 bits per heavy atom. The molecule has 3 aromatic carbocycles. The highest BCUT2D eigenvalue weighted by atomic mass is 35.5. The lowest BCUT2D eigenvalue weighted by Crippen LogP contribution is -2.30. The average Bonchev–Trinajstić information content (AvgIpc) is 2.80. The summed E-state index contributed by atoms with van der Waals surface area (Å²) >= 11 is 6.05. The Kier molecular flexibility index (Phi) is 7.68. The second kappa shape index (κ2) is 10.3. The van der Waals surface area contributed by atoms with Gasteiger partial charge < -0.3 is 10.1 Å². The first kappa shape index (κ1) is 25.3.